The molecule has 0 bridgehead atoms. The summed E-state index contributed by atoms with van der Waals surface area (Å²) in [6.07, 6.45) is -4.53. The minimum atomic E-state index is -4.53. The van der Waals surface area contributed by atoms with E-state index < -0.39 is 11.7 Å². The van der Waals surface area contributed by atoms with Crippen molar-refractivity contribution in [1.29, 1.82) is 0 Å². The second-order valence-corrected chi connectivity index (χ2v) is 12.2. The summed E-state index contributed by atoms with van der Waals surface area (Å²) in [7, 11) is 0. The van der Waals surface area contributed by atoms with Gasteiger partial charge in [-0.05, 0) is 66.4 Å². The van der Waals surface area contributed by atoms with Crippen LogP contribution in [-0.4, -0.2) is 19.5 Å². The first-order valence-corrected chi connectivity index (χ1v) is 15.9. The number of alkyl halides is 3. The molecule has 0 saturated heterocycles. The lowest BCUT2D eigenvalue weighted by Gasteiger charge is -2.18. The molecule has 6 aromatic carbocycles. The molecule has 7 heteroatoms. The van der Waals surface area contributed by atoms with Crippen LogP contribution in [0.1, 0.15) is 16.7 Å². The lowest BCUT2D eigenvalue weighted by atomic mass is 9.97. The Hall–Kier alpha value is -6.08. The normalized spacial score (nSPS) is 11.8. The van der Waals surface area contributed by atoms with Crippen molar-refractivity contribution in [3.8, 4) is 51.0 Å². The average Bonchev–Trinajstić information content (AvgIpc) is 3.43. The third-order valence-electron chi connectivity index (χ3n) is 8.80. The van der Waals surface area contributed by atoms with Crippen molar-refractivity contribution in [3.05, 3.63) is 156 Å². The van der Waals surface area contributed by atoms with Crippen LogP contribution in [0.2, 0.25) is 0 Å². The highest BCUT2D eigenvalue weighted by molar-refractivity contribution is 6.10. The molecule has 0 spiro atoms. The fourth-order valence-electron chi connectivity index (χ4n) is 6.48. The first-order chi connectivity index (χ1) is 23.7. The highest BCUT2D eigenvalue weighted by atomic mass is 19.4. The molecule has 0 aliphatic carbocycles. The summed E-state index contributed by atoms with van der Waals surface area (Å²) >= 11 is 0. The van der Waals surface area contributed by atoms with Gasteiger partial charge in [0.05, 0.1) is 22.3 Å². The number of aromatic nitrogens is 4. The number of nitrogens with zero attached hydrogens (tertiary/aromatic N) is 4. The molecular formula is C42H29F3N4. The Morgan fingerprint density at radius 1 is 0.469 bits per heavy atom. The van der Waals surface area contributed by atoms with E-state index in [9.17, 15) is 13.2 Å². The Bertz CT molecular complexity index is 2380. The molecule has 2 aromatic heterocycles. The molecule has 0 aliphatic rings. The molecule has 0 fully saturated rings. The van der Waals surface area contributed by atoms with E-state index in [2.05, 4.69) is 41.0 Å². The number of halogens is 3. The number of rotatable bonds is 5. The predicted octanol–water partition coefficient (Wildman–Crippen LogP) is 11.3. The van der Waals surface area contributed by atoms with E-state index in [1.54, 1.807) is 12.1 Å². The minimum Gasteiger partial charge on any atom is -0.308 e. The van der Waals surface area contributed by atoms with E-state index in [4.69, 9.17) is 15.0 Å². The summed E-state index contributed by atoms with van der Waals surface area (Å²) < 4.78 is 45.1. The van der Waals surface area contributed by atoms with Crippen LogP contribution in [0.15, 0.2) is 140 Å². The molecule has 0 unspecified atom stereocenters. The van der Waals surface area contributed by atoms with Gasteiger partial charge in [-0.2, -0.15) is 13.2 Å². The van der Waals surface area contributed by atoms with Gasteiger partial charge in [0.15, 0.2) is 17.5 Å². The summed E-state index contributed by atoms with van der Waals surface area (Å²) in [4.78, 5) is 14.9. The van der Waals surface area contributed by atoms with Crippen molar-refractivity contribution in [1.82, 2.24) is 19.5 Å². The number of fused-ring (bicyclic) bond motifs is 3. The van der Waals surface area contributed by atoms with Crippen molar-refractivity contribution in [2.75, 3.05) is 0 Å². The van der Waals surface area contributed by atoms with E-state index >= 15 is 0 Å². The fourth-order valence-corrected chi connectivity index (χ4v) is 6.48. The van der Waals surface area contributed by atoms with Crippen LogP contribution >= 0.6 is 0 Å². The quantitative estimate of drug-likeness (QED) is 0.187. The summed E-state index contributed by atoms with van der Waals surface area (Å²) in [5.41, 5.74) is 6.80. The van der Waals surface area contributed by atoms with Crippen molar-refractivity contribution >= 4 is 21.8 Å². The van der Waals surface area contributed by atoms with Crippen LogP contribution in [0.4, 0.5) is 13.2 Å². The van der Waals surface area contributed by atoms with Crippen molar-refractivity contribution < 1.29 is 13.2 Å². The topological polar surface area (TPSA) is 43.6 Å². The predicted molar refractivity (Wildman–Crippen MR) is 190 cm³/mol. The zero-order valence-electron chi connectivity index (χ0n) is 26.7. The smallest absolute Gasteiger partial charge is 0.308 e. The van der Waals surface area contributed by atoms with Gasteiger partial charge in [-0.3, -0.25) is 0 Å². The molecule has 238 valence electrons. The zero-order chi connectivity index (χ0) is 33.7. The van der Waals surface area contributed by atoms with Gasteiger partial charge in [0, 0.05) is 27.5 Å². The van der Waals surface area contributed by atoms with E-state index in [-0.39, 0.29) is 5.56 Å². The second-order valence-electron chi connectivity index (χ2n) is 12.2. The van der Waals surface area contributed by atoms with Crippen LogP contribution in [0.25, 0.3) is 72.8 Å². The number of benzene rings is 6. The summed E-state index contributed by atoms with van der Waals surface area (Å²) in [6.45, 7) is 4.07. The molecule has 0 aliphatic heterocycles. The molecule has 49 heavy (non-hydrogen) atoms. The maximum Gasteiger partial charge on any atom is 0.417 e. The second kappa shape index (κ2) is 11.9. The molecule has 0 atom stereocenters. The number of hydrogen-bond acceptors (Lipinski definition) is 3. The number of aryl methyl sites for hydroxylation is 2. The van der Waals surface area contributed by atoms with Gasteiger partial charge in [0.25, 0.3) is 0 Å². The largest absolute Gasteiger partial charge is 0.417 e. The van der Waals surface area contributed by atoms with Crippen molar-refractivity contribution in [2.45, 2.75) is 20.0 Å². The minimum absolute atomic E-state index is 0.0986. The Morgan fingerprint density at radius 2 is 0.980 bits per heavy atom. The van der Waals surface area contributed by atoms with Crippen molar-refractivity contribution in [2.24, 2.45) is 0 Å². The summed E-state index contributed by atoms with van der Waals surface area (Å²) in [6, 6.07) is 43.1. The summed E-state index contributed by atoms with van der Waals surface area (Å²) in [5, 5.41) is 2.08. The van der Waals surface area contributed by atoms with Gasteiger partial charge in [-0.1, -0.05) is 109 Å². The Labute approximate surface area is 281 Å². The van der Waals surface area contributed by atoms with Gasteiger partial charge in [0.2, 0.25) is 0 Å². The molecular weight excluding hydrogens is 617 g/mol. The van der Waals surface area contributed by atoms with E-state index in [0.29, 0.717) is 34.3 Å². The molecule has 0 saturated carbocycles. The number of hydrogen-bond donors (Lipinski definition) is 0. The van der Waals surface area contributed by atoms with Gasteiger partial charge < -0.3 is 4.57 Å². The Morgan fingerprint density at radius 3 is 1.53 bits per heavy atom. The van der Waals surface area contributed by atoms with Crippen LogP contribution in [0.3, 0.4) is 0 Å². The molecule has 2 heterocycles. The van der Waals surface area contributed by atoms with Gasteiger partial charge >= 0.3 is 6.18 Å². The van der Waals surface area contributed by atoms with Crippen LogP contribution in [0.5, 0.6) is 0 Å². The summed E-state index contributed by atoms with van der Waals surface area (Å²) in [5.74, 6) is 1.40. The van der Waals surface area contributed by atoms with Crippen LogP contribution in [0, 0.1) is 13.8 Å². The van der Waals surface area contributed by atoms with E-state index in [0.717, 1.165) is 50.1 Å². The van der Waals surface area contributed by atoms with E-state index in [1.807, 2.05) is 86.6 Å². The monoisotopic (exact) mass is 646 g/mol. The molecule has 4 nitrogen and oxygen atoms in total. The zero-order valence-corrected chi connectivity index (χ0v) is 26.7. The van der Waals surface area contributed by atoms with Crippen molar-refractivity contribution in [3.63, 3.8) is 0 Å². The van der Waals surface area contributed by atoms with Crippen LogP contribution in [-0.2, 0) is 6.18 Å². The SMILES string of the molecule is Cc1ccc2c3ccc(C)cc3n(-c3cc(-c4ccccc4C(F)(F)F)ccc3-c3nc(-c4ccccc4)nc(-c4ccccc4)n3)c2c1. The van der Waals surface area contributed by atoms with E-state index in [1.165, 1.54) is 12.1 Å². The van der Waals surface area contributed by atoms with Gasteiger partial charge in [0.1, 0.15) is 0 Å². The maximum absolute atomic E-state index is 14.3. The highest BCUT2D eigenvalue weighted by Gasteiger charge is 2.33. The maximum atomic E-state index is 14.3. The first-order valence-electron chi connectivity index (χ1n) is 15.9. The molecule has 0 amide bonds. The first kappa shape index (κ1) is 30.3. The average molecular weight is 647 g/mol. The fraction of sp³-hybridized carbons (Fsp3) is 0.0714. The molecule has 8 rings (SSSR count). The molecule has 0 radical (unpaired) electrons. The standard InChI is InChI=1S/C42H29F3N4/c1-26-17-20-32-33-21-18-27(2)24-37(33)49(36(32)23-26)38-25-30(31-15-9-10-16-35(31)42(43,44)45)19-22-34(38)41-47-39(28-11-5-3-6-12-28)46-40(48-41)29-13-7-4-8-14-29/h3-25H,1-2H3. The van der Waals surface area contributed by atoms with Gasteiger partial charge in [-0.15, -0.1) is 0 Å². The molecule has 0 N–H and O–H groups in total. The Balaban J connectivity index is 1.48. The van der Waals surface area contributed by atoms with Crippen LogP contribution < -0.4 is 0 Å². The highest BCUT2D eigenvalue weighted by Crippen LogP contribution is 2.41. The lowest BCUT2D eigenvalue weighted by molar-refractivity contribution is -0.137. The van der Waals surface area contributed by atoms with Gasteiger partial charge in [-0.25, -0.2) is 15.0 Å². The third-order valence-corrected chi connectivity index (χ3v) is 8.80. The Kier molecular flexibility index (Phi) is 7.33. The lowest BCUT2D eigenvalue weighted by Crippen LogP contribution is -2.07. The third kappa shape index (κ3) is 5.53. The molecule has 8 aromatic rings.